The Labute approximate surface area is 131 Å². The Kier molecular flexibility index (Phi) is 3.05. The van der Waals surface area contributed by atoms with E-state index in [-0.39, 0.29) is 5.56 Å². The Hall–Kier alpha value is -3.21. The van der Waals surface area contributed by atoms with Crippen LogP contribution >= 0.6 is 0 Å². The molecule has 4 aromatic rings. The molecule has 0 aliphatic heterocycles. The molecule has 112 valence electrons. The molecule has 0 aliphatic rings. The third kappa shape index (κ3) is 2.14. The fraction of sp³-hybridized carbons (Fsp3) is 0.0556. The lowest BCUT2D eigenvalue weighted by Gasteiger charge is -2.05. The van der Waals surface area contributed by atoms with Gasteiger partial charge in [-0.05, 0) is 0 Å². The normalized spacial score (nSPS) is 11.0. The number of rotatable bonds is 2. The van der Waals surface area contributed by atoms with E-state index in [0.29, 0.717) is 22.4 Å². The Balaban J connectivity index is 2.12. The van der Waals surface area contributed by atoms with E-state index in [4.69, 9.17) is 4.52 Å². The van der Waals surface area contributed by atoms with Crippen molar-refractivity contribution in [3.8, 4) is 22.6 Å². The van der Waals surface area contributed by atoms with Crippen LogP contribution < -0.4 is 5.56 Å². The van der Waals surface area contributed by atoms with Crippen LogP contribution in [0.5, 0.6) is 0 Å². The van der Waals surface area contributed by atoms with Gasteiger partial charge in [0.25, 0.3) is 5.56 Å². The quantitative estimate of drug-likeness (QED) is 0.570. The van der Waals surface area contributed by atoms with Crippen molar-refractivity contribution in [2.45, 2.75) is 0 Å². The molecular weight excluding hydrogens is 290 g/mol. The van der Waals surface area contributed by atoms with Gasteiger partial charge in [0.15, 0.2) is 11.3 Å². The first-order valence-corrected chi connectivity index (χ1v) is 7.23. The van der Waals surface area contributed by atoms with Crippen molar-refractivity contribution < 1.29 is 4.52 Å². The first-order chi connectivity index (χ1) is 11.3. The van der Waals surface area contributed by atoms with Gasteiger partial charge in [0.2, 0.25) is 0 Å². The molecule has 0 atom stereocenters. The van der Waals surface area contributed by atoms with Gasteiger partial charge in [-0.25, -0.2) is 4.68 Å². The molecule has 0 N–H and O–H groups in total. The number of fused-ring (bicyclic) bond motifs is 1. The SMILES string of the molecule is Cn1nc(-c2ccccc2)c2c(-c3ccccc3)onc2c1=O. The van der Waals surface area contributed by atoms with Crippen LogP contribution in [-0.2, 0) is 7.05 Å². The summed E-state index contributed by atoms with van der Waals surface area (Å²) >= 11 is 0. The van der Waals surface area contributed by atoms with E-state index in [1.807, 2.05) is 60.7 Å². The Morgan fingerprint density at radius 3 is 2.17 bits per heavy atom. The molecule has 2 heterocycles. The summed E-state index contributed by atoms with van der Waals surface area (Å²) in [5, 5.41) is 9.07. The standard InChI is InChI=1S/C18H13N3O2/c1-21-18(22)16-14(15(19-21)12-8-4-2-5-9-12)17(23-20-16)13-10-6-3-7-11-13/h2-11H,1H3. The highest BCUT2D eigenvalue weighted by Crippen LogP contribution is 2.33. The summed E-state index contributed by atoms with van der Waals surface area (Å²) in [5.41, 5.74) is 2.48. The van der Waals surface area contributed by atoms with Gasteiger partial charge in [-0.3, -0.25) is 4.79 Å². The maximum absolute atomic E-state index is 12.3. The lowest BCUT2D eigenvalue weighted by atomic mass is 10.0. The molecule has 0 spiro atoms. The zero-order chi connectivity index (χ0) is 15.8. The van der Waals surface area contributed by atoms with Gasteiger partial charge in [-0.2, -0.15) is 5.10 Å². The van der Waals surface area contributed by atoms with E-state index in [1.54, 1.807) is 7.05 Å². The minimum atomic E-state index is -0.273. The molecule has 0 bridgehead atoms. The van der Waals surface area contributed by atoms with Crippen molar-refractivity contribution in [3.05, 3.63) is 71.0 Å². The molecular formula is C18H13N3O2. The van der Waals surface area contributed by atoms with Crippen LogP contribution in [0.4, 0.5) is 0 Å². The van der Waals surface area contributed by atoms with E-state index in [9.17, 15) is 4.79 Å². The fourth-order valence-electron chi connectivity index (χ4n) is 2.64. The zero-order valence-electron chi connectivity index (χ0n) is 12.4. The summed E-state index contributed by atoms with van der Waals surface area (Å²) in [6.07, 6.45) is 0. The first kappa shape index (κ1) is 13.5. The van der Waals surface area contributed by atoms with Gasteiger partial charge in [-0.15, -0.1) is 0 Å². The van der Waals surface area contributed by atoms with Crippen molar-refractivity contribution in [2.75, 3.05) is 0 Å². The first-order valence-electron chi connectivity index (χ1n) is 7.23. The second-order valence-corrected chi connectivity index (χ2v) is 5.24. The van der Waals surface area contributed by atoms with Gasteiger partial charge in [0, 0.05) is 18.2 Å². The minimum Gasteiger partial charge on any atom is -0.355 e. The summed E-state index contributed by atoms with van der Waals surface area (Å²) in [5.74, 6) is 0.560. The highest BCUT2D eigenvalue weighted by Gasteiger charge is 2.20. The molecule has 23 heavy (non-hydrogen) atoms. The molecule has 5 heteroatoms. The molecule has 0 aliphatic carbocycles. The summed E-state index contributed by atoms with van der Waals surface area (Å²) in [6.45, 7) is 0. The number of benzene rings is 2. The van der Waals surface area contributed by atoms with E-state index in [1.165, 1.54) is 4.68 Å². The maximum Gasteiger partial charge on any atom is 0.296 e. The molecule has 0 unspecified atom stereocenters. The van der Waals surface area contributed by atoms with Crippen LogP contribution in [0, 0.1) is 0 Å². The summed E-state index contributed by atoms with van der Waals surface area (Å²) in [4.78, 5) is 12.3. The van der Waals surface area contributed by atoms with Crippen LogP contribution in [-0.4, -0.2) is 14.9 Å². The summed E-state index contributed by atoms with van der Waals surface area (Å²) in [7, 11) is 1.62. The number of hydrogen-bond donors (Lipinski definition) is 0. The second kappa shape index (κ2) is 5.21. The number of aromatic nitrogens is 3. The Morgan fingerprint density at radius 1 is 0.913 bits per heavy atom. The van der Waals surface area contributed by atoms with Crippen LogP contribution in [0.25, 0.3) is 33.5 Å². The molecule has 2 aromatic carbocycles. The van der Waals surface area contributed by atoms with E-state index < -0.39 is 0 Å². The highest BCUT2D eigenvalue weighted by molar-refractivity contribution is 6.00. The highest BCUT2D eigenvalue weighted by atomic mass is 16.5. The topological polar surface area (TPSA) is 60.9 Å². The fourth-order valence-corrected chi connectivity index (χ4v) is 2.64. The van der Waals surface area contributed by atoms with Gasteiger partial charge < -0.3 is 4.52 Å². The average Bonchev–Trinajstić information content (AvgIpc) is 3.05. The van der Waals surface area contributed by atoms with Crippen molar-refractivity contribution in [3.63, 3.8) is 0 Å². The third-order valence-electron chi connectivity index (χ3n) is 3.76. The van der Waals surface area contributed by atoms with Crippen molar-refractivity contribution in [1.82, 2.24) is 14.9 Å². The smallest absolute Gasteiger partial charge is 0.296 e. The Morgan fingerprint density at radius 2 is 1.52 bits per heavy atom. The van der Waals surface area contributed by atoms with Crippen molar-refractivity contribution >= 4 is 10.9 Å². The third-order valence-corrected chi connectivity index (χ3v) is 3.76. The van der Waals surface area contributed by atoms with Gasteiger partial charge in [0.05, 0.1) is 5.39 Å². The van der Waals surface area contributed by atoms with Crippen LogP contribution in [0.15, 0.2) is 70.0 Å². The average molecular weight is 303 g/mol. The molecule has 0 radical (unpaired) electrons. The molecule has 0 saturated heterocycles. The monoisotopic (exact) mass is 303 g/mol. The van der Waals surface area contributed by atoms with E-state index in [0.717, 1.165) is 11.1 Å². The second-order valence-electron chi connectivity index (χ2n) is 5.24. The van der Waals surface area contributed by atoms with E-state index in [2.05, 4.69) is 10.3 Å². The summed E-state index contributed by atoms with van der Waals surface area (Å²) < 4.78 is 6.79. The molecule has 4 rings (SSSR count). The van der Waals surface area contributed by atoms with Crippen molar-refractivity contribution in [1.29, 1.82) is 0 Å². The van der Waals surface area contributed by atoms with Crippen LogP contribution in [0.2, 0.25) is 0 Å². The molecule has 0 amide bonds. The van der Waals surface area contributed by atoms with Gasteiger partial charge in [-0.1, -0.05) is 65.8 Å². The van der Waals surface area contributed by atoms with Gasteiger partial charge >= 0.3 is 0 Å². The maximum atomic E-state index is 12.3. The molecule has 2 aromatic heterocycles. The van der Waals surface area contributed by atoms with E-state index >= 15 is 0 Å². The lowest BCUT2D eigenvalue weighted by molar-refractivity contribution is 0.440. The predicted molar refractivity (Wildman–Crippen MR) is 87.9 cm³/mol. The van der Waals surface area contributed by atoms with Crippen molar-refractivity contribution in [2.24, 2.45) is 7.05 Å². The molecule has 0 saturated carbocycles. The summed E-state index contributed by atoms with van der Waals surface area (Å²) in [6, 6.07) is 19.3. The van der Waals surface area contributed by atoms with Gasteiger partial charge in [0.1, 0.15) is 5.69 Å². The number of aryl methyl sites for hydroxylation is 1. The zero-order valence-corrected chi connectivity index (χ0v) is 12.4. The van der Waals surface area contributed by atoms with Crippen LogP contribution in [0.3, 0.4) is 0 Å². The van der Waals surface area contributed by atoms with Crippen LogP contribution in [0.1, 0.15) is 0 Å². The Bertz CT molecular complexity index is 1030. The number of nitrogens with zero attached hydrogens (tertiary/aromatic N) is 3. The molecule has 0 fully saturated rings. The molecule has 5 nitrogen and oxygen atoms in total. The minimum absolute atomic E-state index is 0.273. The largest absolute Gasteiger partial charge is 0.355 e. The predicted octanol–water partition coefficient (Wildman–Crippen LogP) is 3.26. The lowest BCUT2D eigenvalue weighted by Crippen LogP contribution is -2.20. The number of hydrogen-bond acceptors (Lipinski definition) is 4.